The lowest BCUT2D eigenvalue weighted by Gasteiger charge is -2.23. The predicted octanol–water partition coefficient (Wildman–Crippen LogP) is 3.58. The summed E-state index contributed by atoms with van der Waals surface area (Å²) in [5.41, 5.74) is 2.43. The maximum atomic E-state index is 12.6. The number of hydrogen-bond acceptors (Lipinski definition) is 6. The van der Waals surface area contributed by atoms with Gasteiger partial charge >= 0.3 is 0 Å². The van der Waals surface area contributed by atoms with Crippen LogP contribution in [0.2, 0.25) is 0 Å². The summed E-state index contributed by atoms with van der Waals surface area (Å²) in [7, 11) is 0. The first kappa shape index (κ1) is 21.8. The van der Waals surface area contributed by atoms with Gasteiger partial charge in [0.2, 0.25) is 11.1 Å². The van der Waals surface area contributed by atoms with E-state index < -0.39 is 0 Å². The summed E-state index contributed by atoms with van der Waals surface area (Å²) in [6, 6.07) is 8.52. The van der Waals surface area contributed by atoms with Gasteiger partial charge in [-0.25, -0.2) is 4.68 Å². The Hall–Kier alpha value is -1.93. The molecule has 1 N–H and O–H groups in total. The summed E-state index contributed by atoms with van der Waals surface area (Å²) in [5.74, 6) is 1.04. The van der Waals surface area contributed by atoms with Gasteiger partial charge in [0.25, 0.3) is 0 Å². The molecule has 1 amide bonds. The Kier molecular flexibility index (Phi) is 7.66. The lowest BCUT2D eigenvalue weighted by atomic mass is 9.93. The zero-order valence-electron chi connectivity index (χ0n) is 17.7. The van der Waals surface area contributed by atoms with Crippen molar-refractivity contribution < 1.29 is 9.53 Å². The fraction of sp³-hybridized carbons (Fsp3) is 0.619. The molecule has 1 aliphatic heterocycles. The first-order valence-electron chi connectivity index (χ1n) is 10.3. The van der Waals surface area contributed by atoms with E-state index in [1.54, 1.807) is 4.68 Å². The molecule has 1 aromatic heterocycles. The Morgan fingerprint density at radius 1 is 1.24 bits per heavy atom. The van der Waals surface area contributed by atoms with Crippen LogP contribution in [0.25, 0.3) is 0 Å². The second-order valence-corrected chi connectivity index (χ2v) is 9.12. The number of rotatable bonds is 9. The Bertz CT molecular complexity index is 785. The third-order valence-corrected chi connectivity index (χ3v) is 6.13. The minimum atomic E-state index is -0.0211. The zero-order valence-corrected chi connectivity index (χ0v) is 18.5. The van der Waals surface area contributed by atoms with E-state index in [0.717, 1.165) is 25.0 Å². The molecule has 1 aliphatic rings. The van der Waals surface area contributed by atoms with E-state index in [-0.39, 0.29) is 23.8 Å². The van der Waals surface area contributed by atoms with Gasteiger partial charge in [0.05, 0.1) is 24.4 Å². The molecule has 158 valence electrons. The van der Waals surface area contributed by atoms with Gasteiger partial charge in [-0.1, -0.05) is 63.7 Å². The van der Waals surface area contributed by atoms with Crippen molar-refractivity contribution in [2.24, 2.45) is 5.92 Å². The van der Waals surface area contributed by atoms with Crippen LogP contribution >= 0.6 is 11.8 Å². The number of carbonyl (C=O) groups is 1. The Balaban J connectivity index is 1.56. The van der Waals surface area contributed by atoms with Crippen molar-refractivity contribution in [3.63, 3.8) is 0 Å². The number of ether oxygens (including phenoxy) is 1. The molecular formula is C21H31N5O2S. The molecule has 0 radical (unpaired) electrons. The fourth-order valence-corrected chi connectivity index (χ4v) is 4.16. The molecule has 0 unspecified atom stereocenters. The fourth-order valence-electron chi connectivity index (χ4n) is 3.46. The average Bonchev–Trinajstić information content (AvgIpc) is 3.37. The first-order valence-corrected chi connectivity index (χ1v) is 11.3. The largest absolute Gasteiger partial charge is 0.376 e. The minimum absolute atomic E-state index is 0.0201. The quantitative estimate of drug-likeness (QED) is 0.628. The van der Waals surface area contributed by atoms with E-state index in [0.29, 0.717) is 23.5 Å². The third-order valence-electron chi connectivity index (χ3n) is 5.18. The van der Waals surface area contributed by atoms with Gasteiger partial charge in [-0.05, 0) is 46.2 Å². The molecule has 7 nitrogen and oxygen atoms in total. The second-order valence-electron chi connectivity index (χ2n) is 8.18. The van der Waals surface area contributed by atoms with Gasteiger partial charge in [0.1, 0.15) is 0 Å². The number of benzene rings is 1. The maximum Gasteiger partial charge on any atom is 0.230 e. The number of tetrazole rings is 1. The highest BCUT2D eigenvalue weighted by Gasteiger charge is 2.21. The predicted molar refractivity (Wildman–Crippen MR) is 114 cm³/mol. The summed E-state index contributed by atoms with van der Waals surface area (Å²) in [5, 5.41) is 15.7. The molecule has 0 saturated carbocycles. The molecule has 8 heteroatoms. The van der Waals surface area contributed by atoms with Crippen molar-refractivity contribution in [3.05, 3.63) is 35.4 Å². The highest BCUT2D eigenvalue weighted by atomic mass is 32.2. The number of aromatic nitrogens is 4. The van der Waals surface area contributed by atoms with Gasteiger partial charge in [-0.3, -0.25) is 4.79 Å². The molecular weight excluding hydrogens is 386 g/mol. The van der Waals surface area contributed by atoms with Crippen molar-refractivity contribution in [1.29, 1.82) is 0 Å². The second kappa shape index (κ2) is 10.2. The average molecular weight is 418 g/mol. The number of amides is 1. The van der Waals surface area contributed by atoms with E-state index in [9.17, 15) is 4.79 Å². The van der Waals surface area contributed by atoms with E-state index in [1.807, 2.05) is 0 Å². The zero-order chi connectivity index (χ0) is 20.8. The Morgan fingerprint density at radius 3 is 2.59 bits per heavy atom. The number of hydrogen-bond donors (Lipinski definition) is 1. The van der Waals surface area contributed by atoms with Crippen LogP contribution in [0, 0.1) is 5.92 Å². The molecule has 2 heterocycles. The smallest absolute Gasteiger partial charge is 0.230 e. The molecule has 0 spiro atoms. The number of nitrogens with one attached hydrogen (secondary N) is 1. The van der Waals surface area contributed by atoms with E-state index >= 15 is 0 Å². The van der Waals surface area contributed by atoms with Crippen LogP contribution in [0.3, 0.4) is 0 Å². The van der Waals surface area contributed by atoms with Crippen molar-refractivity contribution in [2.45, 2.75) is 70.3 Å². The van der Waals surface area contributed by atoms with Crippen molar-refractivity contribution in [3.8, 4) is 0 Å². The molecule has 1 aromatic carbocycles. The van der Waals surface area contributed by atoms with Crippen LogP contribution in [0.4, 0.5) is 0 Å². The molecule has 0 aliphatic carbocycles. The Morgan fingerprint density at radius 2 is 1.97 bits per heavy atom. The highest BCUT2D eigenvalue weighted by molar-refractivity contribution is 7.99. The minimum Gasteiger partial charge on any atom is -0.376 e. The number of thioether (sulfide) groups is 1. The summed E-state index contributed by atoms with van der Waals surface area (Å²) < 4.78 is 7.39. The lowest BCUT2D eigenvalue weighted by molar-refractivity contribution is -0.119. The maximum absolute atomic E-state index is 12.6. The van der Waals surface area contributed by atoms with Gasteiger partial charge in [0, 0.05) is 6.61 Å². The van der Waals surface area contributed by atoms with Crippen molar-refractivity contribution in [2.75, 3.05) is 12.4 Å². The first-order chi connectivity index (χ1) is 13.9. The molecule has 1 fully saturated rings. The molecule has 2 aromatic rings. The molecule has 3 rings (SSSR count). The van der Waals surface area contributed by atoms with Crippen LogP contribution in [0.15, 0.2) is 29.4 Å². The van der Waals surface area contributed by atoms with Crippen LogP contribution in [-0.4, -0.2) is 44.6 Å². The SMILES string of the molecule is CC(C)c1ccc([C@@H](NC(=O)CSc2nnnn2C[C@@H]2CCCO2)C(C)C)cc1. The monoisotopic (exact) mass is 417 g/mol. The van der Waals surface area contributed by atoms with Gasteiger partial charge in [-0.15, -0.1) is 5.10 Å². The summed E-state index contributed by atoms with van der Waals surface area (Å²) in [4.78, 5) is 12.6. The summed E-state index contributed by atoms with van der Waals surface area (Å²) in [6.45, 7) is 10.0. The van der Waals surface area contributed by atoms with Crippen LogP contribution in [0.5, 0.6) is 0 Å². The number of nitrogens with zero attached hydrogens (tertiary/aromatic N) is 4. The molecule has 0 bridgehead atoms. The summed E-state index contributed by atoms with van der Waals surface area (Å²) in [6.07, 6.45) is 2.26. The van der Waals surface area contributed by atoms with Gasteiger partial charge in [0.15, 0.2) is 0 Å². The van der Waals surface area contributed by atoms with E-state index in [2.05, 4.69) is 72.8 Å². The van der Waals surface area contributed by atoms with E-state index in [4.69, 9.17) is 4.74 Å². The van der Waals surface area contributed by atoms with Gasteiger partial charge < -0.3 is 10.1 Å². The standard InChI is InChI=1S/C21H31N5O2S/c1-14(2)16-7-9-17(10-8-16)20(15(3)4)22-19(27)13-29-21-23-24-25-26(21)12-18-6-5-11-28-18/h7-10,14-15,18,20H,5-6,11-13H2,1-4H3,(H,22,27)/t18-,20-/m0/s1. The van der Waals surface area contributed by atoms with Crippen LogP contribution in [0.1, 0.15) is 63.6 Å². The highest BCUT2D eigenvalue weighted by Crippen LogP contribution is 2.25. The van der Waals surface area contributed by atoms with Gasteiger partial charge in [-0.2, -0.15) is 0 Å². The third kappa shape index (κ3) is 6.02. The Labute approximate surface area is 177 Å². The van der Waals surface area contributed by atoms with Crippen LogP contribution < -0.4 is 5.32 Å². The topological polar surface area (TPSA) is 81.9 Å². The lowest BCUT2D eigenvalue weighted by Crippen LogP contribution is -2.33. The summed E-state index contributed by atoms with van der Waals surface area (Å²) >= 11 is 1.36. The van der Waals surface area contributed by atoms with Crippen molar-refractivity contribution >= 4 is 17.7 Å². The molecule has 1 saturated heterocycles. The normalized spacial score (nSPS) is 17.8. The van der Waals surface area contributed by atoms with Crippen molar-refractivity contribution in [1.82, 2.24) is 25.5 Å². The molecule has 29 heavy (non-hydrogen) atoms. The molecule has 2 atom stereocenters. The van der Waals surface area contributed by atoms with Crippen LogP contribution in [-0.2, 0) is 16.1 Å². The van der Waals surface area contributed by atoms with E-state index in [1.165, 1.54) is 17.3 Å². The number of carbonyl (C=O) groups excluding carboxylic acids is 1.